The summed E-state index contributed by atoms with van der Waals surface area (Å²) in [6.07, 6.45) is -4.63. The highest BCUT2D eigenvalue weighted by Crippen LogP contribution is 2.36. The van der Waals surface area contributed by atoms with Gasteiger partial charge in [0, 0.05) is 17.0 Å². The predicted molar refractivity (Wildman–Crippen MR) is 77.6 cm³/mol. The lowest BCUT2D eigenvalue weighted by Crippen LogP contribution is -2.12. The van der Waals surface area contributed by atoms with Crippen molar-refractivity contribution in [2.45, 2.75) is 19.5 Å². The molecule has 22 heavy (non-hydrogen) atoms. The normalized spacial score (nSPS) is 11.3. The van der Waals surface area contributed by atoms with Crippen LogP contribution in [0.1, 0.15) is 29.3 Å². The van der Waals surface area contributed by atoms with Crippen molar-refractivity contribution in [2.75, 3.05) is 0 Å². The first kappa shape index (κ1) is 16.4. The summed E-state index contributed by atoms with van der Waals surface area (Å²) >= 11 is 5.73. The highest BCUT2D eigenvalue weighted by atomic mass is 35.5. The highest BCUT2D eigenvalue weighted by Gasteiger charge is 2.35. The zero-order valence-electron chi connectivity index (χ0n) is 11.6. The quantitative estimate of drug-likeness (QED) is 0.668. The zero-order chi connectivity index (χ0) is 16.3. The molecule has 2 aromatic carbocycles. The summed E-state index contributed by atoms with van der Waals surface area (Å²) in [5.74, 6) is -0.209. The summed E-state index contributed by atoms with van der Waals surface area (Å²) in [5.41, 5.74) is -1.34. The molecular weight excluding hydrogens is 317 g/mol. The van der Waals surface area contributed by atoms with E-state index in [1.165, 1.54) is 13.0 Å². The Morgan fingerprint density at radius 1 is 1.09 bits per heavy atom. The molecule has 0 aromatic heterocycles. The van der Waals surface area contributed by atoms with Crippen molar-refractivity contribution in [3.05, 3.63) is 58.6 Å². The van der Waals surface area contributed by atoms with E-state index in [-0.39, 0.29) is 17.7 Å². The van der Waals surface area contributed by atoms with Gasteiger partial charge in [-0.3, -0.25) is 4.79 Å². The van der Waals surface area contributed by atoms with Gasteiger partial charge in [-0.2, -0.15) is 13.2 Å². The summed E-state index contributed by atoms with van der Waals surface area (Å²) < 4.78 is 44.6. The number of halogens is 4. The summed E-state index contributed by atoms with van der Waals surface area (Å²) in [6.45, 7) is 1.51. The fraction of sp³-hybridized carbons (Fsp3) is 0.188. The molecule has 0 saturated carbocycles. The van der Waals surface area contributed by atoms with Crippen LogP contribution in [0.2, 0.25) is 5.02 Å². The van der Waals surface area contributed by atoms with Crippen molar-refractivity contribution in [3.63, 3.8) is 0 Å². The average molecular weight is 329 g/mol. The van der Waals surface area contributed by atoms with Gasteiger partial charge in [-0.15, -0.1) is 0 Å². The number of carbonyl (C=O) groups is 1. The molecule has 0 bridgehead atoms. The van der Waals surface area contributed by atoms with Gasteiger partial charge in [-0.05, 0) is 42.5 Å². The molecule has 0 aliphatic carbocycles. The number of ketones is 1. The molecule has 0 N–H and O–H groups in total. The minimum Gasteiger partial charge on any atom is -0.457 e. The van der Waals surface area contributed by atoms with Gasteiger partial charge in [0.15, 0.2) is 5.78 Å². The number of benzene rings is 2. The summed E-state index contributed by atoms with van der Waals surface area (Å²) in [5, 5.41) is 0.493. The second kappa shape index (κ2) is 6.40. The Labute approximate surface area is 130 Å². The van der Waals surface area contributed by atoms with E-state index in [4.69, 9.17) is 16.3 Å². The molecule has 0 amide bonds. The summed E-state index contributed by atoms with van der Waals surface area (Å²) in [4.78, 5) is 11.6. The van der Waals surface area contributed by atoms with Gasteiger partial charge >= 0.3 is 6.18 Å². The minimum absolute atomic E-state index is 0.000464. The van der Waals surface area contributed by atoms with Crippen molar-refractivity contribution in [3.8, 4) is 11.5 Å². The lowest BCUT2D eigenvalue weighted by atomic mass is 10.0. The molecule has 0 radical (unpaired) electrons. The van der Waals surface area contributed by atoms with E-state index >= 15 is 0 Å². The number of alkyl halides is 3. The van der Waals surface area contributed by atoms with Crippen molar-refractivity contribution in [1.29, 1.82) is 0 Å². The minimum atomic E-state index is -4.63. The maximum absolute atomic E-state index is 13.1. The van der Waals surface area contributed by atoms with Crippen LogP contribution in [0, 0.1) is 0 Å². The molecule has 116 valence electrons. The molecule has 0 saturated heterocycles. The van der Waals surface area contributed by atoms with Crippen LogP contribution in [0.15, 0.2) is 42.5 Å². The average Bonchev–Trinajstić information content (AvgIpc) is 2.48. The van der Waals surface area contributed by atoms with Crippen molar-refractivity contribution >= 4 is 17.4 Å². The van der Waals surface area contributed by atoms with Crippen LogP contribution in [0.4, 0.5) is 13.2 Å². The Balaban J connectivity index is 2.38. The van der Waals surface area contributed by atoms with Gasteiger partial charge in [0.05, 0.1) is 5.56 Å². The lowest BCUT2D eigenvalue weighted by molar-refractivity contribution is -0.138. The smallest absolute Gasteiger partial charge is 0.417 e. The molecule has 2 nitrogen and oxygen atoms in total. The molecule has 0 spiro atoms. The van der Waals surface area contributed by atoms with Gasteiger partial charge < -0.3 is 4.74 Å². The first-order chi connectivity index (χ1) is 10.3. The number of Topliss-reactive ketones (excluding diaryl/α,β-unsaturated/α-hetero) is 1. The molecule has 0 heterocycles. The molecular formula is C16H12ClF3O2. The Kier molecular flexibility index (Phi) is 4.76. The topological polar surface area (TPSA) is 26.3 Å². The van der Waals surface area contributed by atoms with Crippen LogP contribution >= 0.6 is 11.6 Å². The van der Waals surface area contributed by atoms with Crippen LogP contribution in [-0.4, -0.2) is 5.78 Å². The van der Waals surface area contributed by atoms with E-state index in [0.29, 0.717) is 10.8 Å². The van der Waals surface area contributed by atoms with Crippen LogP contribution in [0.3, 0.4) is 0 Å². The second-order valence-corrected chi connectivity index (χ2v) is 4.97. The Hall–Kier alpha value is -2.01. The van der Waals surface area contributed by atoms with Crippen LogP contribution < -0.4 is 4.74 Å². The first-order valence-corrected chi connectivity index (χ1v) is 6.87. The van der Waals surface area contributed by atoms with Crippen molar-refractivity contribution in [2.24, 2.45) is 0 Å². The molecule has 0 aliphatic rings. The Morgan fingerprint density at radius 2 is 1.68 bits per heavy atom. The zero-order valence-corrected chi connectivity index (χ0v) is 12.3. The number of hydrogen-bond acceptors (Lipinski definition) is 2. The standard InChI is InChI=1S/C16H12ClF3O2/c1-2-15(21)13-8-7-12(9-14(13)16(18,19)20)22-11-5-3-10(17)4-6-11/h3-9H,2H2,1H3. The van der Waals surface area contributed by atoms with E-state index < -0.39 is 17.5 Å². The maximum Gasteiger partial charge on any atom is 0.417 e. The SMILES string of the molecule is CCC(=O)c1ccc(Oc2ccc(Cl)cc2)cc1C(F)(F)F. The lowest BCUT2D eigenvalue weighted by Gasteiger charge is -2.14. The van der Waals surface area contributed by atoms with Gasteiger partial charge in [-0.1, -0.05) is 18.5 Å². The summed E-state index contributed by atoms with van der Waals surface area (Å²) in [7, 11) is 0. The third-order valence-corrected chi connectivity index (χ3v) is 3.22. The number of rotatable bonds is 4. The van der Waals surface area contributed by atoms with Crippen LogP contribution in [0.5, 0.6) is 11.5 Å². The predicted octanol–water partition coefficient (Wildman–Crippen LogP) is 5.74. The maximum atomic E-state index is 13.1. The fourth-order valence-electron chi connectivity index (χ4n) is 1.89. The van der Waals surface area contributed by atoms with Gasteiger partial charge in [0.1, 0.15) is 11.5 Å². The molecule has 0 aliphatic heterocycles. The van der Waals surface area contributed by atoms with Crippen LogP contribution in [0.25, 0.3) is 0 Å². The molecule has 0 fully saturated rings. The third-order valence-electron chi connectivity index (χ3n) is 2.97. The van der Waals surface area contributed by atoms with Gasteiger partial charge in [0.2, 0.25) is 0 Å². The Morgan fingerprint density at radius 3 is 2.23 bits per heavy atom. The van der Waals surface area contributed by atoms with Crippen molar-refractivity contribution < 1.29 is 22.7 Å². The molecule has 6 heteroatoms. The second-order valence-electron chi connectivity index (χ2n) is 4.54. The molecule has 2 rings (SSSR count). The molecule has 0 atom stereocenters. The van der Waals surface area contributed by atoms with E-state index in [1.54, 1.807) is 24.3 Å². The van der Waals surface area contributed by atoms with E-state index in [0.717, 1.165) is 12.1 Å². The van der Waals surface area contributed by atoms with Gasteiger partial charge in [0.25, 0.3) is 0 Å². The molecule has 2 aromatic rings. The summed E-state index contributed by atoms with van der Waals surface area (Å²) in [6, 6.07) is 9.53. The van der Waals surface area contributed by atoms with Gasteiger partial charge in [-0.25, -0.2) is 0 Å². The first-order valence-electron chi connectivity index (χ1n) is 6.49. The largest absolute Gasteiger partial charge is 0.457 e. The highest BCUT2D eigenvalue weighted by molar-refractivity contribution is 6.30. The number of carbonyl (C=O) groups excluding carboxylic acids is 1. The Bertz CT molecular complexity index is 679. The number of ether oxygens (including phenoxy) is 1. The molecule has 0 unspecified atom stereocenters. The fourth-order valence-corrected chi connectivity index (χ4v) is 2.02. The van der Waals surface area contributed by atoms with Crippen molar-refractivity contribution in [1.82, 2.24) is 0 Å². The van der Waals surface area contributed by atoms with E-state index in [2.05, 4.69) is 0 Å². The van der Waals surface area contributed by atoms with E-state index in [1.807, 2.05) is 0 Å². The monoisotopic (exact) mass is 328 g/mol. The third kappa shape index (κ3) is 3.80. The van der Waals surface area contributed by atoms with E-state index in [9.17, 15) is 18.0 Å². The van der Waals surface area contributed by atoms with Crippen LogP contribution in [-0.2, 0) is 6.18 Å². The number of hydrogen-bond donors (Lipinski definition) is 0.